The number of benzene rings is 1. The number of anilines is 1. The van der Waals surface area contributed by atoms with Gasteiger partial charge < -0.3 is 14.5 Å². The minimum atomic E-state index is -0.325. The summed E-state index contributed by atoms with van der Waals surface area (Å²) in [6, 6.07) is 6.65. The Hall–Kier alpha value is -2.93. The summed E-state index contributed by atoms with van der Waals surface area (Å²) < 4.78 is 21.5. The minimum absolute atomic E-state index is 0.325. The number of hydrogen-bond donors (Lipinski definition) is 0. The molecule has 0 radical (unpaired) electrons. The van der Waals surface area contributed by atoms with Crippen molar-refractivity contribution in [2.45, 2.75) is 12.8 Å². The predicted molar refractivity (Wildman–Crippen MR) is 122 cm³/mol. The zero-order valence-electron chi connectivity index (χ0n) is 18.5. The number of nitrogens with zero attached hydrogens (tertiary/aromatic N) is 5. The van der Waals surface area contributed by atoms with Gasteiger partial charge in [0.05, 0.1) is 13.3 Å². The third-order valence-electron chi connectivity index (χ3n) is 6.36. The van der Waals surface area contributed by atoms with Crippen LogP contribution >= 0.6 is 0 Å². The lowest BCUT2D eigenvalue weighted by Gasteiger charge is -2.36. The van der Waals surface area contributed by atoms with Crippen LogP contribution in [0.25, 0.3) is 16.8 Å². The molecule has 7 heteroatoms. The van der Waals surface area contributed by atoms with E-state index in [2.05, 4.69) is 41.6 Å². The van der Waals surface area contributed by atoms with E-state index in [0.717, 1.165) is 31.9 Å². The number of likely N-dealkylation sites (tertiary alicyclic amines) is 1. The van der Waals surface area contributed by atoms with E-state index in [9.17, 15) is 4.39 Å². The number of fused-ring (bicyclic) bond motifs is 1. The Morgan fingerprint density at radius 3 is 2.94 bits per heavy atom. The highest BCUT2D eigenvalue weighted by Crippen LogP contribution is 2.31. The van der Waals surface area contributed by atoms with Crippen molar-refractivity contribution in [2.75, 3.05) is 45.7 Å². The number of methoxy groups -OCH3 is 1. The fourth-order valence-electron chi connectivity index (χ4n) is 4.40. The summed E-state index contributed by atoms with van der Waals surface area (Å²) in [7, 11) is 5.80. The third kappa shape index (κ3) is 4.42. The molecule has 3 aromatic rings. The second-order valence-corrected chi connectivity index (χ2v) is 8.38. The maximum absolute atomic E-state index is 14.5. The molecule has 0 amide bonds. The molecule has 1 aromatic carbocycles. The highest BCUT2D eigenvalue weighted by molar-refractivity contribution is 5.78. The van der Waals surface area contributed by atoms with Gasteiger partial charge in [0.2, 0.25) is 0 Å². The van der Waals surface area contributed by atoms with Gasteiger partial charge >= 0.3 is 0 Å². The van der Waals surface area contributed by atoms with Gasteiger partial charge in [0.1, 0.15) is 17.4 Å². The summed E-state index contributed by atoms with van der Waals surface area (Å²) in [5.41, 5.74) is 1.70. The van der Waals surface area contributed by atoms with Crippen molar-refractivity contribution in [3.05, 3.63) is 55.1 Å². The van der Waals surface area contributed by atoms with Gasteiger partial charge in [0, 0.05) is 37.5 Å². The topological polar surface area (TPSA) is 45.9 Å². The van der Waals surface area contributed by atoms with Crippen LogP contribution in [0, 0.1) is 17.7 Å². The molecule has 2 aromatic heterocycles. The predicted octanol–water partition coefficient (Wildman–Crippen LogP) is 4.12. The first kappa shape index (κ1) is 21.3. The summed E-state index contributed by atoms with van der Waals surface area (Å²) in [5, 5.41) is 4.35. The molecule has 31 heavy (non-hydrogen) atoms. The largest absolute Gasteiger partial charge is 0.497 e. The summed E-state index contributed by atoms with van der Waals surface area (Å²) >= 11 is 0. The molecule has 3 heterocycles. The van der Waals surface area contributed by atoms with Crippen LogP contribution in [0.4, 0.5) is 10.2 Å². The number of ether oxygens (including phenoxy) is 1. The summed E-state index contributed by atoms with van der Waals surface area (Å²) in [6.45, 7) is 7.15. The molecule has 0 bridgehead atoms. The van der Waals surface area contributed by atoms with E-state index in [4.69, 9.17) is 9.72 Å². The van der Waals surface area contributed by atoms with Crippen LogP contribution in [0.3, 0.4) is 0 Å². The van der Waals surface area contributed by atoms with Gasteiger partial charge in [0.25, 0.3) is 0 Å². The lowest BCUT2D eigenvalue weighted by Crippen LogP contribution is -2.38. The molecular formula is C24H30FN5O. The molecule has 0 saturated carbocycles. The molecule has 1 fully saturated rings. The third-order valence-corrected chi connectivity index (χ3v) is 6.36. The summed E-state index contributed by atoms with van der Waals surface area (Å²) in [5.74, 6) is 2.28. The van der Waals surface area contributed by atoms with Gasteiger partial charge in [0.15, 0.2) is 5.65 Å². The van der Waals surface area contributed by atoms with Crippen LogP contribution < -0.4 is 9.64 Å². The van der Waals surface area contributed by atoms with Crippen LogP contribution in [0.15, 0.2) is 49.3 Å². The number of hydrogen-bond acceptors (Lipinski definition) is 5. The molecule has 1 saturated heterocycles. The van der Waals surface area contributed by atoms with Crippen LogP contribution in [0.1, 0.15) is 12.8 Å². The van der Waals surface area contributed by atoms with Crippen molar-refractivity contribution < 1.29 is 9.13 Å². The lowest BCUT2D eigenvalue weighted by molar-refractivity contribution is 0.167. The summed E-state index contributed by atoms with van der Waals surface area (Å²) in [4.78, 5) is 9.35. The Morgan fingerprint density at radius 1 is 1.32 bits per heavy atom. The molecule has 2 unspecified atom stereocenters. The Morgan fingerprint density at radius 2 is 2.16 bits per heavy atom. The van der Waals surface area contributed by atoms with Crippen molar-refractivity contribution >= 4 is 11.5 Å². The first-order valence-corrected chi connectivity index (χ1v) is 10.7. The second-order valence-electron chi connectivity index (χ2n) is 8.38. The standard InChI is InChI=1S/C24H30FN5O/c1-5-17-16-28(2)11-8-18(17)9-12-29(3)23-10-13-30-24(27-23)21(15-26-30)20-14-19(31-4)6-7-22(20)25/h5-7,10,13-15,17-18H,1,8-9,11-12,16H2,2-4H3. The fourth-order valence-corrected chi connectivity index (χ4v) is 4.40. The zero-order chi connectivity index (χ0) is 22.0. The van der Waals surface area contributed by atoms with E-state index in [1.807, 2.05) is 12.3 Å². The minimum Gasteiger partial charge on any atom is -0.497 e. The maximum Gasteiger partial charge on any atom is 0.165 e. The van der Waals surface area contributed by atoms with Crippen molar-refractivity contribution in [2.24, 2.45) is 11.8 Å². The smallest absolute Gasteiger partial charge is 0.165 e. The van der Waals surface area contributed by atoms with Crippen molar-refractivity contribution in [3.8, 4) is 16.9 Å². The van der Waals surface area contributed by atoms with Crippen LogP contribution in [0.2, 0.25) is 0 Å². The first-order chi connectivity index (χ1) is 15.0. The van der Waals surface area contributed by atoms with Crippen LogP contribution in [0.5, 0.6) is 5.75 Å². The van der Waals surface area contributed by atoms with E-state index < -0.39 is 0 Å². The molecule has 2 atom stereocenters. The molecule has 4 rings (SSSR count). The van der Waals surface area contributed by atoms with E-state index in [1.54, 1.807) is 30.0 Å². The van der Waals surface area contributed by atoms with E-state index in [1.165, 1.54) is 12.5 Å². The average Bonchev–Trinajstić information content (AvgIpc) is 3.21. The number of aromatic nitrogens is 3. The highest BCUT2D eigenvalue weighted by atomic mass is 19.1. The number of halogens is 1. The molecule has 0 N–H and O–H groups in total. The zero-order valence-corrected chi connectivity index (χ0v) is 18.5. The monoisotopic (exact) mass is 423 g/mol. The molecule has 164 valence electrons. The maximum atomic E-state index is 14.5. The van der Waals surface area contributed by atoms with Gasteiger partial charge in [-0.15, -0.1) is 6.58 Å². The van der Waals surface area contributed by atoms with Crippen molar-refractivity contribution in [1.82, 2.24) is 19.5 Å². The summed E-state index contributed by atoms with van der Waals surface area (Å²) in [6.07, 6.45) is 7.90. The first-order valence-electron chi connectivity index (χ1n) is 10.7. The SMILES string of the molecule is C=CC1CN(C)CCC1CCN(C)c1ccn2ncc(-c3cc(OC)ccc3F)c2n1. The number of rotatable bonds is 7. The van der Waals surface area contributed by atoms with Crippen molar-refractivity contribution in [1.29, 1.82) is 0 Å². The molecule has 6 nitrogen and oxygen atoms in total. The van der Waals surface area contributed by atoms with Crippen LogP contribution in [-0.4, -0.2) is 60.3 Å². The van der Waals surface area contributed by atoms with Crippen LogP contribution in [-0.2, 0) is 0 Å². The molecular weight excluding hydrogens is 393 g/mol. The Labute approximate surface area is 182 Å². The van der Waals surface area contributed by atoms with Crippen molar-refractivity contribution in [3.63, 3.8) is 0 Å². The lowest BCUT2D eigenvalue weighted by atomic mass is 9.83. The van der Waals surface area contributed by atoms with E-state index in [-0.39, 0.29) is 5.82 Å². The molecule has 1 aliphatic heterocycles. The van der Waals surface area contributed by atoms with Gasteiger partial charge in [-0.1, -0.05) is 6.08 Å². The fraction of sp³-hybridized carbons (Fsp3) is 0.417. The Bertz CT molecular complexity index is 1070. The van der Waals surface area contributed by atoms with Gasteiger partial charge in [-0.3, -0.25) is 0 Å². The quantitative estimate of drug-likeness (QED) is 0.535. The van der Waals surface area contributed by atoms with Gasteiger partial charge in [-0.05, 0) is 62.5 Å². The molecule has 1 aliphatic rings. The van der Waals surface area contributed by atoms with Gasteiger partial charge in [-0.25, -0.2) is 13.9 Å². The highest BCUT2D eigenvalue weighted by Gasteiger charge is 2.25. The van der Waals surface area contributed by atoms with Gasteiger partial charge in [-0.2, -0.15) is 5.10 Å². The molecule has 0 aliphatic carbocycles. The Kier molecular flexibility index (Phi) is 6.23. The van der Waals surface area contributed by atoms with E-state index in [0.29, 0.717) is 34.4 Å². The van der Waals surface area contributed by atoms with E-state index >= 15 is 0 Å². The molecule has 0 spiro atoms. The normalized spacial score (nSPS) is 19.5. The number of piperidine rings is 1. The Balaban J connectivity index is 1.55. The average molecular weight is 424 g/mol. The second kappa shape index (κ2) is 9.06.